The van der Waals surface area contributed by atoms with Crippen LogP contribution in [0, 0.1) is 0 Å². The van der Waals surface area contributed by atoms with E-state index in [1.54, 1.807) is 0 Å². The van der Waals surface area contributed by atoms with E-state index in [0.717, 1.165) is 11.8 Å². The molecule has 1 aromatic heterocycles. The maximum absolute atomic E-state index is 4.73. The number of nitrogens with zero attached hydrogens (tertiary/aromatic N) is 1. The number of rotatable bonds is 8. The first kappa shape index (κ1) is 16.8. The number of hydrogen-bond donors (Lipinski definition) is 1. The number of hydrogen-bond acceptors (Lipinski definition) is 3. The van der Waals surface area contributed by atoms with E-state index < -0.39 is 0 Å². The van der Waals surface area contributed by atoms with Crippen LogP contribution in [0.4, 0.5) is 0 Å². The molecule has 2 rings (SSSR count). The van der Waals surface area contributed by atoms with E-state index in [1.165, 1.54) is 49.1 Å². The van der Waals surface area contributed by atoms with Gasteiger partial charge in [0.05, 0.1) is 0 Å². The molecular weight excluding hydrogens is 276 g/mol. The molecule has 3 atom stereocenters. The van der Waals surface area contributed by atoms with Gasteiger partial charge in [0.25, 0.3) is 0 Å². The molecule has 0 aromatic carbocycles. The zero-order valence-corrected chi connectivity index (χ0v) is 14.6. The highest BCUT2D eigenvalue weighted by atomic mass is 32.2. The first-order valence-corrected chi connectivity index (χ1v) is 9.59. The average Bonchev–Trinajstić information content (AvgIpc) is 2.54. The quantitative estimate of drug-likeness (QED) is 0.770. The van der Waals surface area contributed by atoms with Gasteiger partial charge in [-0.05, 0) is 50.3 Å². The highest BCUT2D eigenvalue weighted by Gasteiger charge is 2.28. The summed E-state index contributed by atoms with van der Waals surface area (Å²) >= 11 is 2.11. The maximum Gasteiger partial charge on any atom is 0.0482 e. The summed E-state index contributed by atoms with van der Waals surface area (Å²) in [6.07, 6.45) is 8.22. The molecule has 0 spiro atoms. The number of nitrogens with one attached hydrogen (secondary N) is 1. The minimum absolute atomic E-state index is 0.567. The average molecular weight is 307 g/mol. The highest BCUT2D eigenvalue weighted by molar-refractivity contribution is 7.99. The van der Waals surface area contributed by atoms with Crippen molar-refractivity contribution >= 4 is 11.8 Å². The molecule has 1 N–H and O–H groups in total. The molecule has 0 saturated heterocycles. The zero-order valence-electron chi connectivity index (χ0n) is 13.8. The topological polar surface area (TPSA) is 24.9 Å². The summed E-state index contributed by atoms with van der Waals surface area (Å²) in [7, 11) is 0. The predicted molar refractivity (Wildman–Crippen MR) is 94.2 cm³/mol. The first-order valence-electron chi connectivity index (χ1n) is 8.55. The second kappa shape index (κ2) is 8.79. The van der Waals surface area contributed by atoms with Crippen molar-refractivity contribution in [3.05, 3.63) is 29.6 Å². The van der Waals surface area contributed by atoms with Crippen LogP contribution in [-0.2, 0) is 6.42 Å². The van der Waals surface area contributed by atoms with Crippen molar-refractivity contribution in [2.24, 2.45) is 0 Å². The van der Waals surface area contributed by atoms with Crippen molar-refractivity contribution < 1.29 is 0 Å². The lowest BCUT2D eigenvalue weighted by Gasteiger charge is -2.32. The lowest BCUT2D eigenvalue weighted by molar-refractivity contribution is 0.411. The van der Waals surface area contributed by atoms with Crippen molar-refractivity contribution in [3.63, 3.8) is 0 Å². The number of fused-ring (bicyclic) bond motifs is 1. The third-order valence-corrected chi connectivity index (χ3v) is 5.97. The Hall–Kier alpha value is -0.540. The van der Waals surface area contributed by atoms with Crippen LogP contribution in [0.2, 0.25) is 0 Å². The molecule has 1 aromatic rings. The smallest absolute Gasteiger partial charge is 0.0482 e. The third-order valence-electron chi connectivity index (χ3n) is 4.52. The van der Waals surface area contributed by atoms with E-state index in [9.17, 15) is 0 Å². The van der Waals surface area contributed by atoms with Crippen LogP contribution in [0.1, 0.15) is 63.6 Å². The van der Waals surface area contributed by atoms with Crippen molar-refractivity contribution in [1.29, 1.82) is 0 Å². The van der Waals surface area contributed by atoms with Crippen LogP contribution >= 0.6 is 11.8 Å². The molecule has 0 saturated carbocycles. The lowest BCUT2D eigenvalue weighted by Crippen LogP contribution is -2.39. The van der Waals surface area contributed by atoms with Crippen LogP contribution in [-0.4, -0.2) is 28.6 Å². The maximum atomic E-state index is 4.73. The first-order chi connectivity index (χ1) is 10.3. The Bertz CT molecular complexity index is 421. The summed E-state index contributed by atoms with van der Waals surface area (Å²) in [6, 6.07) is 4.93. The number of aromatic nitrogens is 1. The second-order valence-corrected chi connectivity index (χ2v) is 7.63. The predicted octanol–water partition coefficient (Wildman–Crippen LogP) is 4.40. The van der Waals surface area contributed by atoms with E-state index in [0.29, 0.717) is 12.0 Å². The minimum Gasteiger partial charge on any atom is -0.312 e. The number of thioether (sulfide) groups is 1. The molecule has 0 radical (unpaired) electrons. The molecule has 3 heteroatoms. The highest BCUT2D eigenvalue weighted by Crippen LogP contribution is 2.34. The Kier molecular flexibility index (Phi) is 7.05. The fourth-order valence-corrected chi connectivity index (χ4v) is 4.19. The Balaban J connectivity index is 2.09. The molecule has 21 heavy (non-hydrogen) atoms. The largest absolute Gasteiger partial charge is 0.312 e. The van der Waals surface area contributed by atoms with E-state index in [1.807, 2.05) is 6.20 Å². The molecule has 0 bridgehead atoms. The fourth-order valence-electron chi connectivity index (χ4n) is 3.07. The molecule has 1 aliphatic rings. The van der Waals surface area contributed by atoms with Crippen LogP contribution < -0.4 is 5.32 Å². The summed E-state index contributed by atoms with van der Waals surface area (Å²) in [5, 5.41) is 4.55. The number of pyridine rings is 1. The van der Waals surface area contributed by atoms with Gasteiger partial charge >= 0.3 is 0 Å². The van der Waals surface area contributed by atoms with E-state index in [4.69, 9.17) is 4.98 Å². The molecule has 2 nitrogen and oxygen atoms in total. The van der Waals surface area contributed by atoms with Crippen LogP contribution in [0.25, 0.3) is 0 Å². The second-order valence-electron chi connectivity index (χ2n) is 6.16. The molecule has 0 amide bonds. The summed E-state index contributed by atoms with van der Waals surface area (Å²) in [4.78, 5) is 4.73. The summed E-state index contributed by atoms with van der Waals surface area (Å²) < 4.78 is 0. The van der Waals surface area contributed by atoms with Gasteiger partial charge in [-0.3, -0.25) is 4.98 Å². The van der Waals surface area contributed by atoms with Crippen molar-refractivity contribution in [1.82, 2.24) is 10.3 Å². The Morgan fingerprint density at radius 1 is 1.43 bits per heavy atom. The van der Waals surface area contributed by atoms with Crippen LogP contribution in [0.15, 0.2) is 18.3 Å². The van der Waals surface area contributed by atoms with Gasteiger partial charge in [-0.2, -0.15) is 11.8 Å². The van der Waals surface area contributed by atoms with Gasteiger partial charge < -0.3 is 5.32 Å². The Morgan fingerprint density at radius 2 is 2.29 bits per heavy atom. The molecule has 0 fully saturated rings. The zero-order chi connectivity index (χ0) is 15.1. The SMILES string of the molecule is CCCNC(CSC(C)CC)C1CCCc2cccnc21. The van der Waals surface area contributed by atoms with Crippen molar-refractivity contribution in [2.75, 3.05) is 12.3 Å². The third kappa shape index (κ3) is 4.72. The summed E-state index contributed by atoms with van der Waals surface area (Å²) in [5.74, 6) is 1.80. The monoisotopic (exact) mass is 306 g/mol. The lowest BCUT2D eigenvalue weighted by atomic mass is 9.82. The van der Waals surface area contributed by atoms with Crippen LogP contribution in [0.3, 0.4) is 0 Å². The van der Waals surface area contributed by atoms with E-state index in [-0.39, 0.29) is 0 Å². The molecular formula is C18H30N2S. The van der Waals surface area contributed by atoms with Crippen molar-refractivity contribution in [2.45, 2.75) is 70.1 Å². The summed E-state index contributed by atoms with van der Waals surface area (Å²) in [5.41, 5.74) is 2.84. The summed E-state index contributed by atoms with van der Waals surface area (Å²) in [6.45, 7) is 7.99. The molecule has 118 valence electrons. The molecule has 3 unspecified atom stereocenters. The normalized spacial score (nSPS) is 20.8. The Labute approximate surface area is 134 Å². The van der Waals surface area contributed by atoms with Gasteiger partial charge in [0.2, 0.25) is 0 Å². The van der Waals surface area contributed by atoms with Gasteiger partial charge in [0.1, 0.15) is 0 Å². The van der Waals surface area contributed by atoms with Gasteiger partial charge in [-0.25, -0.2) is 0 Å². The Morgan fingerprint density at radius 3 is 3.05 bits per heavy atom. The standard InChI is InChI=1S/C18H30N2S/c1-4-11-19-17(13-21-14(3)5-2)16-10-6-8-15-9-7-12-20-18(15)16/h7,9,12,14,16-17,19H,4-6,8,10-11,13H2,1-3H3. The minimum atomic E-state index is 0.567. The van der Waals surface area contributed by atoms with Gasteiger partial charge in [0, 0.05) is 34.9 Å². The van der Waals surface area contributed by atoms with Gasteiger partial charge in [-0.1, -0.05) is 26.8 Å². The molecule has 1 aliphatic carbocycles. The van der Waals surface area contributed by atoms with E-state index in [2.05, 4.69) is 50.0 Å². The van der Waals surface area contributed by atoms with Crippen LogP contribution in [0.5, 0.6) is 0 Å². The van der Waals surface area contributed by atoms with E-state index >= 15 is 0 Å². The molecule has 0 aliphatic heterocycles. The van der Waals surface area contributed by atoms with Gasteiger partial charge in [-0.15, -0.1) is 0 Å². The number of aryl methyl sites for hydroxylation is 1. The fraction of sp³-hybridized carbons (Fsp3) is 0.722. The van der Waals surface area contributed by atoms with Gasteiger partial charge in [0.15, 0.2) is 0 Å². The molecule has 1 heterocycles. The van der Waals surface area contributed by atoms with Crippen molar-refractivity contribution in [3.8, 4) is 0 Å².